The standard InChI is InChI=1S/C4H7FO2.Ca.2H/c1-2-3-4(6)7-5;;;/h2-3H2,1H3;;;/q;+2;2*-1. The molecule has 4 heteroatoms. The van der Waals surface area contributed by atoms with Gasteiger partial charge in [-0.1, -0.05) is 6.92 Å². The summed E-state index contributed by atoms with van der Waals surface area (Å²) in [5.41, 5.74) is 0. The number of rotatable bonds is 2. The van der Waals surface area contributed by atoms with Gasteiger partial charge in [-0.25, -0.2) is 4.79 Å². The van der Waals surface area contributed by atoms with E-state index in [4.69, 9.17) is 0 Å². The van der Waals surface area contributed by atoms with Gasteiger partial charge in [0, 0.05) is 10.9 Å². The topological polar surface area (TPSA) is 26.3 Å². The second-order valence-electron chi connectivity index (χ2n) is 1.20. The molecular formula is C4H9CaFO2. The summed E-state index contributed by atoms with van der Waals surface area (Å²) < 4.78 is 10.7. The van der Waals surface area contributed by atoms with Crippen LogP contribution in [0.25, 0.3) is 0 Å². The fourth-order valence-corrected chi connectivity index (χ4v) is 0.243. The van der Waals surface area contributed by atoms with Crippen molar-refractivity contribution in [3.8, 4) is 0 Å². The van der Waals surface area contributed by atoms with Gasteiger partial charge in [0.25, 0.3) is 0 Å². The van der Waals surface area contributed by atoms with Crippen molar-refractivity contribution in [3.05, 3.63) is 0 Å². The molecule has 0 N–H and O–H groups in total. The molecule has 46 valence electrons. The Morgan fingerprint density at radius 3 is 2.50 bits per heavy atom. The van der Waals surface area contributed by atoms with Crippen molar-refractivity contribution in [3.63, 3.8) is 0 Å². The molecule has 0 aliphatic carbocycles. The first-order chi connectivity index (χ1) is 3.31. The SMILES string of the molecule is CCCC(=O)OF.[Ca+2].[H-].[H-]. The van der Waals surface area contributed by atoms with Crippen molar-refractivity contribution in [2.45, 2.75) is 19.8 Å². The molecule has 0 radical (unpaired) electrons. The zero-order chi connectivity index (χ0) is 5.70. The third kappa shape index (κ3) is 6.66. The predicted molar refractivity (Wildman–Crippen MR) is 30.1 cm³/mol. The Bertz CT molecular complexity index is 74.3. The third-order valence-electron chi connectivity index (χ3n) is 0.540. The van der Waals surface area contributed by atoms with Crippen LogP contribution >= 0.6 is 0 Å². The van der Waals surface area contributed by atoms with Crippen LogP contribution in [-0.4, -0.2) is 43.7 Å². The van der Waals surface area contributed by atoms with Gasteiger partial charge in [-0.15, -0.1) is 0 Å². The van der Waals surface area contributed by atoms with Crippen molar-refractivity contribution in [2.75, 3.05) is 0 Å². The molecule has 0 saturated carbocycles. The van der Waals surface area contributed by atoms with Crippen LogP contribution in [-0.2, 0) is 9.74 Å². The summed E-state index contributed by atoms with van der Waals surface area (Å²) in [4.78, 5) is 12.7. The first kappa shape index (κ1) is 11.5. The largest absolute Gasteiger partial charge is 2.00 e. The average molecular weight is 148 g/mol. The third-order valence-corrected chi connectivity index (χ3v) is 0.540. The molecule has 0 aromatic carbocycles. The Kier molecular flexibility index (Phi) is 11.0. The van der Waals surface area contributed by atoms with E-state index in [2.05, 4.69) is 4.94 Å². The van der Waals surface area contributed by atoms with Crippen LogP contribution in [0.15, 0.2) is 0 Å². The smallest absolute Gasteiger partial charge is 1.00 e. The summed E-state index contributed by atoms with van der Waals surface area (Å²) >= 11 is 0. The minimum absolute atomic E-state index is 0. The molecule has 8 heavy (non-hydrogen) atoms. The Hall–Kier alpha value is 0.660. The maximum Gasteiger partial charge on any atom is 2.00 e. The van der Waals surface area contributed by atoms with Gasteiger partial charge >= 0.3 is 43.7 Å². The molecule has 0 fully saturated rings. The fourth-order valence-electron chi connectivity index (χ4n) is 0.243. The molecule has 2 nitrogen and oxygen atoms in total. The van der Waals surface area contributed by atoms with Crippen LogP contribution in [0.5, 0.6) is 0 Å². The van der Waals surface area contributed by atoms with E-state index in [0.717, 1.165) is 0 Å². The second kappa shape index (κ2) is 7.66. The quantitative estimate of drug-likeness (QED) is 0.547. The molecule has 0 saturated heterocycles. The fraction of sp³-hybridized carbons (Fsp3) is 0.750. The normalized spacial score (nSPS) is 7.25. The van der Waals surface area contributed by atoms with E-state index in [-0.39, 0.29) is 47.0 Å². The minimum Gasteiger partial charge on any atom is -1.00 e. The monoisotopic (exact) mass is 148 g/mol. The Morgan fingerprint density at radius 2 is 2.38 bits per heavy atom. The molecule has 0 spiro atoms. The number of carbonyl (C=O) groups excluding carboxylic acids is 1. The van der Waals surface area contributed by atoms with Crippen LogP contribution in [0, 0.1) is 0 Å². The van der Waals surface area contributed by atoms with E-state index in [9.17, 15) is 9.32 Å². The molecule has 0 aliphatic heterocycles. The molecule has 0 aromatic heterocycles. The predicted octanol–water partition coefficient (Wildman–Crippen LogP) is 1.06. The number of halogens is 1. The number of hydrogen-bond acceptors (Lipinski definition) is 2. The molecule has 0 bridgehead atoms. The summed E-state index contributed by atoms with van der Waals surface area (Å²) in [6.45, 7) is 1.77. The summed E-state index contributed by atoms with van der Waals surface area (Å²) in [6.07, 6.45) is 0.791. The number of hydrogen-bond donors (Lipinski definition) is 0. The molecule has 0 heterocycles. The first-order valence-electron chi connectivity index (χ1n) is 2.12. The van der Waals surface area contributed by atoms with Crippen molar-refractivity contribution in [1.29, 1.82) is 0 Å². The van der Waals surface area contributed by atoms with Gasteiger partial charge in [0.1, 0.15) is 0 Å². The Labute approximate surface area is 80.3 Å². The van der Waals surface area contributed by atoms with E-state index in [1.807, 2.05) is 0 Å². The minimum atomic E-state index is -0.789. The van der Waals surface area contributed by atoms with Crippen molar-refractivity contribution >= 4 is 43.7 Å². The molecule has 0 atom stereocenters. The summed E-state index contributed by atoms with van der Waals surface area (Å²) in [7, 11) is 0. The van der Waals surface area contributed by atoms with Gasteiger partial charge in [0.15, 0.2) is 0 Å². The van der Waals surface area contributed by atoms with Crippen LogP contribution in [0.4, 0.5) is 4.53 Å². The van der Waals surface area contributed by atoms with Crippen LogP contribution in [0.3, 0.4) is 0 Å². The van der Waals surface area contributed by atoms with E-state index in [0.29, 0.717) is 6.42 Å². The van der Waals surface area contributed by atoms with Gasteiger partial charge in [0.2, 0.25) is 0 Å². The van der Waals surface area contributed by atoms with Crippen molar-refractivity contribution in [2.24, 2.45) is 0 Å². The van der Waals surface area contributed by atoms with Gasteiger partial charge in [-0.05, 0) is 6.42 Å². The van der Waals surface area contributed by atoms with Crippen molar-refractivity contribution in [1.82, 2.24) is 0 Å². The van der Waals surface area contributed by atoms with Gasteiger partial charge in [-0.3, -0.25) is 4.94 Å². The van der Waals surface area contributed by atoms with Crippen molar-refractivity contribution < 1.29 is 17.1 Å². The van der Waals surface area contributed by atoms with Gasteiger partial charge in [-0.2, -0.15) is 0 Å². The van der Waals surface area contributed by atoms with Crippen LogP contribution < -0.4 is 0 Å². The molecule has 0 unspecified atom stereocenters. The zero-order valence-corrected chi connectivity index (χ0v) is 7.02. The maximum absolute atomic E-state index is 10.7. The van der Waals surface area contributed by atoms with E-state index in [1.54, 1.807) is 6.92 Å². The Balaban J connectivity index is -0.0000000600. The maximum atomic E-state index is 10.7. The molecule has 0 aliphatic rings. The molecule has 0 amide bonds. The molecule has 0 rings (SSSR count). The van der Waals surface area contributed by atoms with E-state index >= 15 is 0 Å². The average Bonchev–Trinajstić information content (AvgIpc) is 1.68. The molecule has 0 aromatic rings. The second-order valence-corrected chi connectivity index (χ2v) is 1.20. The molecular weight excluding hydrogens is 139 g/mol. The van der Waals surface area contributed by atoms with E-state index in [1.165, 1.54) is 0 Å². The van der Waals surface area contributed by atoms with Crippen LogP contribution in [0.1, 0.15) is 22.6 Å². The van der Waals surface area contributed by atoms with E-state index < -0.39 is 5.97 Å². The zero-order valence-electron chi connectivity index (χ0n) is 6.82. The number of carbonyl (C=O) groups is 1. The van der Waals surface area contributed by atoms with Crippen LogP contribution in [0.2, 0.25) is 0 Å². The summed E-state index contributed by atoms with van der Waals surface area (Å²) in [5, 5.41) is 0. The van der Waals surface area contributed by atoms with Gasteiger partial charge in [0.05, 0.1) is 0 Å². The summed E-state index contributed by atoms with van der Waals surface area (Å²) in [5.74, 6) is -0.789. The Morgan fingerprint density at radius 1 is 1.88 bits per heavy atom. The van der Waals surface area contributed by atoms with Gasteiger partial charge < -0.3 is 2.85 Å². The first-order valence-corrected chi connectivity index (χ1v) is 2.12. The summed E-state index contributed by atoms with van der Waals surface area (Å²) in [6, 6.07) is 0.